The van der Waals surface area contributed by atoms with Gasteiger partial charge in [0.15, 0.2) is 0 Å². The number of fused-ring (bicyclic) bond motifs is 1. The minimum absolute atomic E-state index is 0.296. The molecule has 2 aromatic rings. The van der Waals surface area contributed by atoms with E-state index in [2.05, 4.69) is 10.3 Å². The first-order chi connectivity index (χ1) is 8.15. The molecule has 17 heavy (non-hydrogen) atoms. The maximum atomic E-state index is 11.5. The Labute approximate surface area is 101 Å². The molecule has 2 amide bonds. The Balaban J connectivity index is 2.25. The Morgan fingerprint density at radius 2 is 2.12 bits per heavy atom. The normalized spacial score (nSPS) is 15.2. The van der Waals surface area contributed by atoms with E-state index >= 15 is 0 Å². The highest BCUT2D eigenvalue weighted by molar-refractivity contribution is 6.33. The predicted octanol–water partition coefficient (Wildman–Crippen LogP) is 1.03. The molecule has 0 radical (unpaired) electrons. The number of imide groups is 1. The van der Waals surface area contributed by atoms with Gasteiger partial charge in [-0.25, -0.2) is 4.98 Å². The zero-order valence-electron chi connectivity index (χ0n) is 8.48. The molecule has 0 bridgehead atoms. The second kappa shape index (κ2) is 3.43. The van der Waals surface area contributed by atoms with E-state index < -0.39 is 11.8 Å². The van der Waals surface area contributed by atoms with Crippen molar-refractivity contribution >= 4 is 34.6 Å². The smallest absolute Gasteiger partial charge is 0.260 e. The van der Waals surface area contributed by atoms with Crippen molar-refractivity contribution in [2.45, 2.75) is 0 Å². The standard InChI is InChI=1S/C11H6ClN3O2/c12-6-1-2-9-13-4-8(15(9)5-6)7-3-10(16)14-11(7)17/h1-5H,(H,14,16,17). The molecule has 0 aromatic carbocycles. The van der Waals surface area contributed by atoms with E-state index in [1.54, 1.807) is 22.7 Å². The molecule has 0 atom stereocenters. The van der Waals surface area contributed by atoms with Crippen molar-refractivity contribution in [2.24, 2.45) is 0 Å². The predicted molar refractivity (Wildman–Crippen MR) is 61.3 cm³/mol. The largest absolute Gasteiger partial charge is 0.298 e. The molecule has 1 N–H and O–H groups in total. The Bertz CT molecular complexity index is 687. The fourth-order valence-corrected chi connectivity index (χ4v) is 1.92. The quantitative estimate of drug-likeness (QED) is 0.766. The van der Waals surface area contributed by atoms with Crippen LogP contribution in [0.3, 0.4) is 0 Å². The number of carbonyl (C=O) groups excluding carboxylic acids is 2. The molecule has 0 spiro atoms. The van der Waals surface area contributed by atoms with Gasteiger partial charge in [-0.15, -0.1) is 0 Å². The number of carbonyl (C=O) groups is 2. The SMILES string of the molecule is O=C1C=C(c2cnc3ccc(Cl)cn23)C(=O)N1. The number of nitrogens with one attached hydrogen (secondary N) is 1. The number of aromatic nitrogens is 2. The number of imidazole rings is 1. The highest BCUT2D eigenvalue weighted by Gasteiger charge is 2.24. The van der Waals surface area contributed by atoms with Gasteiger partial charge in [0.25, 0.3) is 11.8 Å². The Hall–Kier alpha value is -2.14. The van der Waals surface area contributed by atoms with Gasteiger partial charge in [-0.05, 0) is 12.1 Å². The molecule has 3 heterocycles. The van der Waals surface area contributed by atoms with Crippen molar-refractivity contribution in [2.75, 3.05) is 0 Å². The lowest BCUT2D eigenvalue weighted by atomic mass is 10.2. The molecule has 84 valence electrons. The molecular weight excluding hydrogens is 242 g/mol. The van der Waals surface area contributed by atoms with Crippen molar-refractivity contribution < 1.29 is 9.59 Å². The van der Waals surface area contributed by atoms with Gasteiger partial charge in [0.2, 0.25) is 0 Å². The third-order valence-corrected chi connectivity index (χ3v) is 2.73. The summed E-state index contributed by atoms with van der Waals surface area (Å²) in [7, 11) is 0. The first-order valence-electron chi connectivity index (χ1n) is 4.85. The third kappa shape index (κ3) is 1.52. The van der Waals surface area contributed by atoms with Gasteiger partial charge in [-0.2, -0.15) is 0 Å². The van der Waals surface area contributed by atoms with Gasteiger partial charge in [-0.1, -0.05) is 11.6 Å². The van der Waals surface area contributed by atoms with Crippen LogP contribution in [0.4, 0.5) is 0 Å². The van der Waals surface area contributed by atoms with Crippen molar-refractivity contribution in [3.05, 3.63) is 41.3 Å². The Morgan fingerprint density at radius 3 is 2.82 bits per heavy atom. The van der Waals surface area contributed by atoms with Crippen LogP contribution in [0.25, 0.3) is 11.2 Å². The first-order valence-corrected chi connectivity index (χ1v) is 5.23. The highest BCUT2D eigenvalue weighted by atomic mass is 35.5. The van der Waals surface area contributed by atoms with Gasteiger partial charge < -0.3 is 0 Å². The number of hydrogen-bond acceptors (Lipinski definition) is 3. The van der Waals surface area contributed by atoms with Crippen LogP contribution < -0.4 is 5.32 Å². The van der Waals surface area contributed by atoms with Crippen molar-refractivity contribution in [3.63, 3.8) is 0 Å². The maximum absolute atomic E-state index is 11.5. The number of hydrogen-bond donors (Lipinski definition) is 1. The molecule has 0 saturated carbocycles. The van der Waals surface area contributed by atoms with Crippen LogP contribution in [0.15, 0.2) is 30.6 Å². The summed E-state index contributed by atoms with van der Waals surface area (Å²) in [5, 5.41) is 2.72. The molecule has 0 aliphatic carbocycles. The number of halogens is 1. The van der Waals surface area contributed by atoms with E-state index in [1.807, 2.05) is 0 Å². The van der Waals surface area contributed by atoms with E-state index in [-0.39, 0.29) is 0 Å². The van der Waals surface area contributed by atoms with Gasteiger partial charge in [0, 0.05) is 12.3 Å². The molecule has 5 nitrogen and oxygen atoms in total. The molecule has 0 saturated heterocycles. The summed E-state index contributed by atoms with van der Waals surface area (Å²) in [5.74, 6) is -0.834. The highest BCUT2D eigenvalue weighted by Crippen LogP contribution is 2.21. The number of pyridine rings is 1. The molecular formula is C11H6ClN3O2. The third-order valence-electron chi connectivity index (χ3n) is 2.50. The summed E-state index contributed by atoms with van der Waals surface area (Å²) in [4.78, 5) is 26.8. The summed E-state index contributed by atoms with van der Waals surface area (Å²) >= 11 is 5.88. The van der Waals surface area contributed by atoms with Crippen LogP contribution >= 0.6 is 11.6 Å². The Morgan fingerprint density at radius 1 is 1.29 bits per heavy atom. The lowest BCUT2D eigenvalue weighted by molar-refractivity contribution is -0.123. The topological polar surface area (TPSA) is 63.5 Å². The second-order valence-electron chi connectivity index (χ2n) is 3.60. The van der Waals surface area contributed by atoms with Gasteiger partial charge in [0.05, 0.1) is 22.5 Å². The van der Waals surface area contributed by atoms with E-state index in [0.29, 0.717) is 21.9 Å². The summed E-state index contributed by atoms with van der Waals surface area (Å²) in [6.07, 6.45) is 4.44. The second-order valence-corrected chi connectivity index (χ2v) is 4.03. The van der Waals surface area contributed by atoms with Crippen LogP contribution in [-0.4, -0.2) is 21.2 Å². The zero-order valence-corrected chi connectivity index (χ0v) is 9.23. The first kappa shape index (κ1) is 10.0. The number of amides is 2. The molecule has 6 heteroatoms. The average Bonchev–Trinajstić information content (AvgIpc) is 2.81. The van der Waals surface area contributed by atoms with E-state index in [1.165, 1.54) is 12.3 Å². The fraction of sp³-hybridized carbons (Fsp3) is 0. The molecule has 0 fully saturated rings. The molecule has 3 rings (SSSR count). The van der Waals surface area contributed by atoms with Gasteiger partial charge in [-0.3, -0.25) is 19.3 Å². The average molecular weight is 248 g/mol. The lowest BCUT2D eigenvalue weighted by Gasteiger charge is -2.01. The van der Waals surface area contributed by atoms with Crippen LogP contribution in [0, 0.1) is 0 Å². The fourth-order valence-electron chi connectivity index (χ4n) is 1.76. The minimum atomic E-state index is -0.420. The van der Waals surface area contributed by atoms with Gasteiger partial charge in [0.1, 0.15) is 5.65 Å². The summed E-state index contributed by atoms with van der Waals surface area (Å²) in [5.41, 5.74) is 1.51. The maximum Gasteiger partial charge on any atom is 0.260 e. The number of nitrogens with zero attached hydrogens (tertiary/aromatic N) is 2. The molecule has 2 aromatic heterocycles. The number of rotatable bonds is 1. The summed E-state index contributed by atoms with van der Waals surface area (Å²) < 4.78 is 1.67. The van der Waals surface area contributed by atoms with E-state index in [9.17, 15) is 9.59 Å². The zero-order chi connectivity index (χ0) is 12.0. The Kier molecular flexibility index (Phi) is 2.02. The van der Waals surface area contributed by atoms with Crippen LogP contribution in [-0.2, 0) is 9.59 Å². The van der Waals surface area contributed by atoms with E-state index in [0.717, 1.165) is 0 Å². The minimum Gasteiger partial charge on any atom is -0.298 e. The van der Waals surface area contributed by atoms with Crippen molar-refractivity contribution in [1.82, 2.24) is 14.7 Å². The van der Waals surface area contributed by atoms with Crippen molar-refractivity contribution in [1.29, 1.82) is 0 Å². The molecule has 1 aliphatic heterocycles. The summed E-state index contributed by atoms with van der Waals surface area (Å²) in [6.45, 7) is 0. The van der Waals surface area contributed by atoms with Crippen LogP contribution in [0.2, 0.25) is 5.02 Å². The summed E-state index contributed by atoms with van der Waals surface area (Å²) in [6, 6.07) is 3.45. The van der Waals surface area contributed by atoms with Crippen LogP contribution in [0.1, 0.15) is 5.69 Å². The molecule has 0 unspecified atom stereocenters. The van der Waals surface area contributed by atoms with Gasteiger partial charge >= 0.3 is 0 Å². The monoisotopic (exact) mass is 247 g/mol. The van der Waals surface area contributed by atoms with Crippen LogP contribution in [0.5, 0.6) is 0 Å². The molecule has 1 aliphatic rings. The van der Waals surface area contributed by atoms with Crippen molar-refractivity contribution in [3.8, 4) is 0 Å². The van der Waals surface area contributed by atoms with E-state index in [4.69, 9.17) is 11.6 Å². The lowest BCUT2D eigenvalue weighted by Crippen LogP contribution is -2.22.